The molecule has 13 heteroatoms. The minimum absolute atomic E-state index is 0.00326. The first kappa shape index (κ1) is 57.9. The number of ketones is 1. The molecule has 0 aromatic carbocycles. The lowest BCUT2D eigenvalue weighted by atomic mass is 10.0. The molecule has 0 bridgehead atoms. The molecule has 0 atom stereocenters. The topological polar surface area (TPSA) is 192 Å². The average molecular weight is 837 g/mol. The minimum atomic E-state index is -0.208. The van der Waals surface area contributed by atoms with E-state index in [4.69, 9.17) is 11.6 Å². The third-order valence-electron chi connectivity index (χ3n) is 10.2. The van der Waals surface area contributed by atoms with Crippen LogP contribution in [0.1, 0.15) is 195 Å². The summed E-state index contributed by atoms with van der Waals surface area (Å²) < 4.78 is 0. The maximum atomic E-state index is 12.0. The second-order valence-electron chi connectivity index (χ2n) is 16.3. The fourth-order valence-corrected chi connectivity index (χ4v) is 6.35. The van der Waals surface area contributed by atoms with Gasteiger partial charge in [-0.15, -0.1) is 0 Å². The van der Waals surface area contributed by atoms with Crippen molar-refractivity contribution in [1.29, 1.82) is 0 Å². The van der Waals surface area contributed by atoms with E-state index in [1.54, 1.807) is 11.2 Å². The van der Waals surface area contributed by atoms with Gasteiger partial charge >= 0.3 is 0 Å². The average Bonchev–Trinajstić information content (AvgIpc) is 3.22. The van der Waals surface area contributed by atoms with Gasteiger partial charge in [0, 0.05) is 82.9 Å². The zero-order valence-corrected chi connectivity index (χ0v) is 38.7. The van der Waals surface area contributed by atoms with Crippen molar-refractivity contribution in [3.8, 4) is 0 Å². The van der Waals surface area contributed by atoms with Crippen LogP contribution in [0.4, 0.5) is 0 Å². The molecule has 0 aliphatic carbocycles. The molecule has 1 fully saturated rings. The smallest absolute Gasteiger partial charge is 0.239 e. The molecular formula is C46H92N8O5. The molecule has 1 heterocycles. The number of nitrogens with two attached hydrogens (primary N) is 2. The van der Waals surface area contributed by atoms with Crippen LogP contribution in [-0.4, -0.2) is 92.2 Å². The quantitative estimate of drug-likeness (QED) is 0.0164. The van der Waals surface area contributed by atoms with Crippen LogP contribution in [0, 0.1) is 5.92 Å². The highest BCUT2D eigenvalue weighted by molar-refractivity contribution is 5.80. The monoisotopic (exact) mass is 837 g/mol. The van der Waals surface area contributed by atoms with E-state index in [0.717, 1.165) is 83.4 Å². The summed E-state index contributed by atoms with van der Waals surface area (Å²) in [6.45, 7) is 15.7. The number of allylic oxidation sites excluding steroid dienone is 1. The van der Waals surface area contributed by atoms with E-state index in [2.05, 4.69) is 42.0 Å². The molecule has 0 saturated carbocycles. The first-order chi connectivity index (χ1) is 28.5. The zero-order valence-electron chi connectivity index (χ0n) is 38.7. The van der Waals surface area contributed by atoms with Gasteiger partial charge < -0.3 is 36.9 Å². The Hall–Kier alpha value is -3.19. The van der Waals surface area contributed by atoms with E-state index in [0.29, 0.717) is 51.0 Å². The summed E-state index contributed by atoms with van der Waals surface area (Å²) in [5, 5.41) is 12.7. The maximum absolute atomic E-state index is 12.0. The fraction of sp³-hybridized carbons (Fsp3) is 0.848. The summed E-state index contributed by atoms with van der Waals surface area (Å²) in [6, 6.07) is 0. The van der Waals surface area contributed by atoms with E-state index in [9.17, 15) is 24.0 Å². The van der Waals surface area contributed by atoms with Crippen LogP contribution in [0.5, 0.6) is 0 Å². The van der Waals surface area contributed by atoms with E-state index < -0.39 is 0 Å². The van der Waals surface area contributed by atoms with Gasteiger partial charge in [0.05, 0.1) is 6.54 Å². The molecule has 0 unspecified atom stereocenters. The highest BCUT2D eigenvalue weighted by Gasteiger charge is 2.16. The Labute approximate surface area is 361 Å². The van der Waals surface area contributed by atoms with Crippen molar-refractivity contribution < 1.29 is 24.0 Å². The molecule has 4 amide bonds. The molecule has 346 valence electrons. The molecule has 59 heavy (non-hydrogen) atoms. The third-order valence-corrected chi connectivity index (χ3v) is 10.2. The van der Waals surface area contributed by atoms with Gasteiger partial charge in [0.2, 0.25) is 24.1 Å². The van der Waals surface area contributed by atoms with Gasteiger partial charge in [-0.3, -0.25) is 24.0 Å². The first-order valence-corrected chi connectivity index (χ1v) is 23.7. The van der Waals surface area contributed by atoms with Crippen molar-refractivity contribution in [3.63, 3.8) is 0 Å². The molecule has 0 aromatic heterocycles. The van der Waals surface area contributed by atoms with Crippen LogP contribution in [0.15, 0.2) is 11.9 Å². The molecular weight excluding hydrogens is 745 g/mol. The number of hydrazine groups is 1. The fourth-order valence-electron chi connectivity index (χ4n) is 6.35. The highest BCUT2D eigenvalue weighted by atomic mass is 16.2. The Morgan fingerprint density at radius 3 is 1.61 bits per heavy atom. The number of carbonyl (C=O) groups is 5. The number of nitrogens with zero attached hydrogens (tertiary/aromatic N) is 2. The summed E-state index contributed by atoms with van der Waals surface area (Å²) in [7, 11) is 0. The van der Waals surface area contributed by atoms with Gasteiger partial charge in [-0.25, -0.2) is 5.84 Å². The van der Waals surface area contributed by atoms with Crippen LogP contribution in [0.2, 0.25) is 0 Å². The van der Waals surface area contributed by atoms with Crippen LogP contribution in [0.3, 0.4) is 0 Å². The van der Waals surface area contributed by atoms with E-state index in [-0.39, 0.29) is 30.2 Å². The first-order valence-electron chi connectivity index (χ1n) is 23.7. The summed E-state index contributed by atoms with van der Waals surface area (Å²) in [5.41, 5.74) is 6.59. The van der Waals surface area contributed by atoms with Crippen molar-refractivity contribution >= 4 is 29.9 Å². The van der Waals surface area contributed by atoms with Crippen LogP contribution in [-0.2, 0) is 24.0 Å². The Bertz CT molecular complexity index is 1040. The number of hydrogen-bond acceptors (Lipinski definition) is 9. The van der Waals surface area contributed by atoms with Gasteiger partial charge in [0.1, 0.15) is 5.78 Å². The normalized spacial score (nSPS) is 12.5. The second-order valence-corrected chi connectivity index (χ2v) is 16.3. The molecule has 1 rings (SSSR count). The zero-order chi connectivity index (χ0) is 44.2. The summed E-state index contributed by atoms with van der Waals surface area (Å²) >= 11 is 0. The minimum Gasteiger partial charge on any atom is -0.401 e. The van der Waals surface area contributed by atoms with Crippen LogP contribution >= 0.6 is 0 Å². The van der Waals surface area contributed by atoms with E-state index in [1.807, 2.05) is 18.7 Å². The third kappa shape index (κ3) is 42.7. The molecule has 1 saturated heterocycles. The van der Waals surface area contributed by atoms with Crippen molar-refractivity contribution in [1.82, 2.24) is 31.2 Å². The summed E-state index contributed by atoms with van der Waals surface area (Å²) in [4.78, 5) is 58.2. The van der Waals surface area contributed by atoms with E-state index >= 15 is 0 Å². The number of nitrogens with one attached hydrogen (secondary N) is 4. The van der Waals surface area contributed by atoms with Crippen LogP contribution in [0.25, 0.3) is 0 Å². The predicted octanol–water partition coefficient (Wildman–Crippen LogP) is 7.38. The standard InChI is InChI=1S/C17H31N5O4.C16H34.C13H27N3O/c23-14-19-13-16(25)21-8-3-1-2-7-20-15(24)5-4-6-17(26)22-11-9-18-10-12-22;1-3-5-7-9-11-13-15-16-14-12-10-8-6-4-2;1-4-5-9-16(15)10-12(14)7-6-8-13(17)11(2)3/h14,18H,1-13H2,(H,19,23)(H,20,24)(H,21,25);3-16H2,1-2H3;10-11H,4-9,14-15H2,1-3H3/b;;12-10-. The van der Waals surface area contributed by atoms with Crippen molar-refractivity contribution in [2.24, 2.45) is 17.5 Å². The number of piperazine rings is 1. The lowest BCUT2D eigenvalue weighted by Crippen LogP contribution is -2.46. The van der Waals surface area contributed by atoms with E-state index in [1.165, 1.54) is 89.9 Å². The van der Waals surface area contributed by atoms with Gasteiger partial charge in [0.15, 0.2) is 0 Å². The molecule has 1 aliphatic rings. The predicted molar refractivity (Wildman–Crippen MR) is 245 cm³/mol. The molecule has 0 aromatic rings. The number of hydrogen-bond donors (Lipinski definition) is 6. The number of unbranched alkanes of at least 4 members (excludes halogenated alkanes) is 16. The van der Waals surface area contributed by atoms with Crippen LogP contribution < -0.4 is 32.8 Å². The molecule has 0 radical (unpaired) electrons. The SMILES string of the molecule is CCCCCCCCCCCCCCCC.CCCCN(N)/C=C(\N)CCCC(=O)C(C)C.O=CNCC(=O)NCCCCCNC(=O)CCCC(=O)N1CCNCC1. The Balaban J connectivity index is 0. The largest absolute Gasteiger partial charge is 0.401 e. The summed E-state index contributed by atoms with van der Waals surface area (Å²) in [6.07, 6.45) is 30.9. The van der Waals surface area contributed by atoms with Crippen molar-refractivity contribution in [2.45, 2.75) is 195 Å². The highest BCUT2D eigenvalue weighted by Crippen LogP contribution is 2.13. The van der Waals surface area contributed by atoms with Crippen molar-refractivity contribution in [2.75, 3.05) is 52.4 Å². The Morgan fingerprint density at radius 2 is 1.12 bits per heavy atom. The lowest BCUT2D eigenvalue weighted by Gasteiger charge is -2.27. The van der Waals surface area contributed by atoms with Gasteiger partial charge in [0.25, 0.3) is 0 Å². The second kappa shape index (κ2) is 44.4. The summed E-state index contributed by atoms with van der Waals surface area (Å²) in [5.74, 6) is 6.07. The van der Waals surface area contributed by atoms with Gasteiger partial charge in [-0.05, 0) is 44.9 Å². The molecule has 13 nitrogen and oxygen atoms in total. The lowest BCUT2D eigenvalue weighted by molar-refractivity contribution is -0.132. The molecule has 0 spiro atoms. The number of Topliss-reactive ketones (excluding diaryl/α,β-unsaturated/α-hetero) is 1. The maximum Gasteiger partial charge on any atom is 0.239 e. The molecule has 8 N–H and O–H groups in total. The van der Waals surface area contributed by atoms with Gasteiger partial charge in [-0.1, -0.05) is 131 Å². The number of rotatable bonds is 35. The van der Waals surface area contributed by atoms with Crippen molar-refractivity contribution in [3.05, 3.63) is 11.9 Å². The Morgan fingerprint density at radius 1 is 0.644 bits per heavy atom. The van der Waals surface area contributed by atoms with Gasteiger partial charge in [-0.2, -0.15) is 0 Å². The Kier molecular flexibility index (Phi) is 43.5. The number of carbonyl (C=O) groups excluding carboxylic acids is 5. The number of amides is 4. The molecule has 1 aliphatic heterocycles.